The second-order valence-corrected chi connectivity index (χ2v) is 5.67. The van der Waals surface area contributed by atoms with Crippen LogP contribution < -0.4 is 4.74 Å². The molecule has 3 nitrogen and oxygen atoms in total. The number of carbonyl (C=O) groups excluding carboxylic acids is 1. The van der Waals surface area contributed by atoms with Crippen LogP contribution in [-0.2, 0) is 4.79 Å². The second-order valence-electron chi connectivity index (χ2n) is 5.26. The van der Waals surface area contributed by atoms with Gasteiger partial charge in [0.05, 0.1) is 0 Å². The van der Waals surface area contributed by atoms with Crippen molar-refractivity contribution in [3.63, 3.8) is 0 Å². The molecule has 19 heavy (non-hydrogen) atoms. The number of aryl methyl sites for hydroxylation is 1. The van der Waals surface area contributed by atoms with Crippen LogP contribution in [0.25, 0.3) is 0 Å². The molecule has 0 radical (unpaired) electrons. The molecule has 4 heteroatoms. The minimum absolute atomic E-state index is 0.0690. The Morgan fingerprint density at radius 2 is 2.11 bits per heavy atom. The number of carbonyl (C=O) groups is 1. The van der Waals surface area contributed by atoms with Gasteiger partial charge in [0, 0.05) is 18.1 Å². The summed E-state index contributed by atoms with van der Waals surface area (Å²) in [4.78, 5) is 13.9. The van der Waals surface area contributed by atoms with Gasteiger partial charge < -0.3 is 9.64 Å². The quantitative estimate of drug-likeness (QED) is 0.851. The molecule has 0 unspecified atom stereocenters. The summed E-state index contributed by atoms with van der Waals surface area (Å²) < 4.78 is 5.53. The molecule has 1 saturated heterocycles. The zero-order valence-corrected chi connectivity index (χ0v) is 12.2. The molecule has 104 valence electrons. The van der Waals surface area contributed by atoms with E-state index in [-0.39, 0.29) is 12.5 Å². The van der Waals surface area contributed by atoms with Crippen LogP contribution in [0.15, 0.2) is 18.2 Å². The van der Waals surface area contributed by atoms with Crippen molar-refractivity contribution in [3.05, 3.63) is 28.8 Å². The molecule has 0 aliphatic carbocycles. The van der Waals surface area contributed by atoms with Crippen LogP contribution >= 0.6 is 11.6 Å². The van der Waals surface area contributed by atoms with E-state index >= 15 is 0 Å². The minimum atomic E-state index is 0.0690. The number of piperidine rings is 1. The fraction of sp³-hybridized carbons (Fsp3) is 0.533. The number of ether oxygens (including phenoxy) is 1. The maximum atomic E-state index is 12.0. The Balaban J connectivity index is 1.84. The van der Waals surface area contributed by atoms with Crippen molar-refractivity contribution >= 4 is 17.5 Å². The number of nitrogens with zero attached hydrogens (tertiary/aromatic N) is 1. The van der Waals surface area contributed by atoms with Crippen molar-refractivity contribution in [3.8, 4) is 5.75 Å². The minimum Gasteiger partial charge on any atom is -0.484 e. The Bertz CT molecular complexity index is 453. The van der Waals surface area contributed by atoms with Crippen molar-refractivity contribution < 1.29 is 9.53 Å². The first-order valence-electron chi connectivity index (χ1n) is 6.73. The lowest BCUT2D eigenvalue weighted by Crippen LogP contribution is -2.40. The molecule has 0 atom stereocenters. The first-order valence-corrected chi connectivity index (χ1v) is 7.11. The maximum absolute atomic E-state index is 12.0. The molecule has 1 aliphatic heterocycles. The van der Waals surface area contributed by atoms with Crippen molar-refractivity contribution in [1.29, 1.82) is 0 Å². The van der Waals surface area contributed by atoms with Gasteiger partial charge in [-0.05, 0) is 49.4 Å². The van der Waals surface area contributed by atoms with Crippen LogP contribution in [-0.4, -0.2) is 30.5 Å². The maximum Gasteiger partial charge on any atom is 0.260 e. The molecule has 1 aromatic carbocycles. The molecule has 0 saturated carbocycles. The highest BCUT2D eigenvalue weighted by molar-refractivity contribution is 6.31. The molecule has 0 spiro atoms. The van der Waals surface area contributed by atoms with Crippen LogP contribution in [0.3, 0.4) is 0 Å². The van der Waals surface area contributed by atoms with E-state index < -0.39 is 0 Å². The van der Waals surface area contributed by atoms with E-state index in [2.05, 4.69) is 6.92 Å². The molecule has 0 N–H and O–H groups in total. The molecule has 1 aromatic rings. The number of likely N-dealkylation sites (tertiary alicyclic amines) is 1. The fourth-order valence-electron chi connectivity index (χ4n) is 2.20. The van der Waals surface area contributed by atoms with Crippen molar-refractivity contribution in [2.45, 2.75) is 26.7 Å². The molecular formula is C15H20ClNO2. The largest absolute Gasteiger partial charge is 0.484 e. The summed E-state index contributed by atoms with van der Waals surface area (Å²) >= 11 is 5.95. The smallest absolute Gasteiger partial charge is 0.260 e. The summed E-state index contributed by atoms with van der Waals surface area (Å²) in [5, 5.41) is 0.712. The Kier molecular flexibility index (Phi) is 4.70. The van der Waals surface area contributed by atoms with E-state index in [1.807, 2.05) is 17.9 Å². The number of hydrogen-bond acceptors (Lipinski definition) is 2. The highest BCUT2D eigenvalue weighted by Gasteiger charge is 2.20. The first-order chi connectivity index (χ1) is 9.06. The molecule has 1 heterocycles. The predicted octanol–water partition coefficient (Wildman–Crippen LogP) is 3.29. The number of rotatable bonds is 3. The Hall–Kier alpha value is -1.22. The van der Waals surface area contributed by atoms with Crippen molar-refractivity contribution in [2.24, 2.45) is 5.92 Å². The van der Waals surface area contributed by atoms with Crippen molar-refractivity contribution in [1.82, 2.24) is 4.90 Å². The molecule has 0 bridgehead atoms. The molecule has 1 aliphatic rings. The van der Waals surface area contributed by atoms with Crippen molar-refractivity contribution in [2.75, 3.05) is 19.7 Å². The van der Waals surface area contributed by atoms with E-state index in [0.717, 1.165) is 37.4 Å². The molecule has 0 aromatic heterocycles. The monoisotopic (exact) mass is 281 g/mol. The summed E-state index contributed by atoms with van der Waals surface area (Å²) in [6.07, 6.45) is 2.18. The third kappa shape index (κ3) is 3.87. The van der Waals surface area contributed by atoms with E-state index in [1.165, 1.54) is 0 Å². The van der Waals surface area contributed by atoms with Gasteiger partial charge in [-0.15, -0.1) is 0 Å². The summed E-state index contributed by atoms with van der Waals surface area (Å²) in [7, 11) is 0. The van der Waals surface area contributed by atoms with Gasteiger partial charge in [0.25, 0.3) is 5.91 Å². The Labute approximate surface area is 119 Å². The van der Waals surface area contributed by atoms with Crippen LogP contribution in [0.1, 0.15) is 25.3 Å². The van der Waals surface area contributed by atoms with Gasteiger partial charge in [0.2, 0.25) is 0 Å². The molecule has 2 rings (SSSR count). The van der Waals surface area contributed by atoms with Gasteiger partial charge in [-0.25, -0.2) is 0 Å². The second kappa shape index (κ2) is 6.29. The number of halogens is 1. The van der Waals surface area contributed by atoms with E-state index in [1.54, 1.807) is 12.1 Å². The van der Waals surface area contributed by atoms with Gasteiger partial charge in [0.15, 0.2) is 6.61 Å². The van der Waals surface area contributed by atoms with Gasteiger partial charge in [-0.3, -0.25) is 4.79 Å². The Morgan fingerprint density at radius 3 is 2.74 bits per heavy atom. The van der Waals surface area contributed by atoms with Crippen LogP contribution in [0.4, 0.5) is 0 Å². The molecule has 1 fully saturated rings. The molecular weight excluding hydrogens is 262 g/mol. The van der Waals surface area contributed by atoms with Gasteiger partial charge in [-0.1, -0.05) is 18.5 Å². The third-order valence-electron chi connectivity index (χ3n) is 3.63. The van der Waals surface area contributed by atoms with E-state index in [4.69, 9.17) is 16.3 Å². The zero-order chi connectivity index (χ0) is 13.8. The summed E-state index contributed by atoms with van der Waals surface area (Å²) in [6.45, 7) is 5.96. The highest BCUT2D eigenvalue weighted by atomic mass is 35.5. The van der Waals surface area contributed by atoms with Crippen LogP contribution in [0.2, 0.25) is 5.02 Å². The molecule has 1 amide bonds. The topological polar surface area (TPSA) is 29.5 Å². The number of hydrogen-bond donors (Lipinski definition) is 0. The zero-order valence-electron chi connectivity index (χ0n) is 11.5. The lowest BCUT2D eigenvalue weighted by molar-refractivity contribution is -0.134. The summed E-state index contributed by atoms with van der Waals surface area (Å²) in [5.74, 6) is 1.49. The normalized spacial score (nSPS) is 16.5. The van der Waals surface area contributed by atoms with Gasteiger partial charge in [-0.2, -0.15) is 0 Å². The van der Waals surface area contributed by atoms with Gasteiger partial charge >= 0.3 is 0 Å². The standard InChI is InChI=1S/C15H20ClNO2/c1-11-5-7-17(8-6-11)15(18)10-19-13-3-4-14(16)12(2)9-13/h3-4,9,11H,5-8,10H2,1-2H3. The van der Waals surface area contributed by atoms with Gasteiger partial charge in [0.1, 0.15) is 5.75 Å². The van der Waals surface area contributed by atoms with Crippen LogP contribution in [0, 0.1) is 12.8 Å². The predicted molar refractivity (Wildman–Crippen MR) is 76.7 cm³/mol. The average molecular weight is 282 g/mol. The third-order valence-corrected chi connectivity index (χ3v) is 4.05. The summed E-state index contributed by atoms with van der Waals surface area (Å²) in [5.41, 5.74) is 0.957. The SMILES string of the molecule is Cc1cc(OCC(=O)N2CCC(C)CC2)ccc1Cl. The lowest BCUT2D eigenvalue weighted by Gasteiger charge is -2.30. The average Bonchev–Trinajstić information content (AvgIpc) is 2.40. The Morgan fingerprint density at radius 1 is 1.42 bits per heavy atom. The highest BCUT2D eigenvalue weighted by Crippen LogP contribution is 2.21. The first kappa shape index (κ1) is 14.2. The number of benzene rings is 1. The van der Waals surface area contributed by atoms with Crippen LogP contribution in [0.5, 0.6) is 5.75 Å². The summed E-state index contributed by atoms with van der Waals surface area (Å²) in [6, 6.07) is 5.44. The van der Waals surface area contributed by atoms with E-state index in [0.29, 0.717) is 10.8 Å². The van der Waals surface area contributed by atoms with E-state index in [9.17, 15) is 4.79 Å². The fourth-order valence-corrected chi connectivity index (χ4v) is 2.32. The lowest BCUT2D eigenvalue weighted by atomic mass is 9.99. The number of amides is 1.